The largest absolute Gasteiger partial charge is 0.341 e. The quantitative estimate of drug-likeness (QED) is 0.865. The van der Waals surface area contributed by atoms with Crippen molar-refractivity contribution in [2.75, 3.05) is 13.6 Å². The van der Waals surface area contributed by atoms with Gasteiger partial charge < -0.3 is 10.6 Å². The van der Waals surface area contributed by atoms with Gasteiger partial charge >= 0.3 is 0 Å². The number of carbonyl (C=O) groups is 1. The van der Waals surface area contributed by atoms with Crippen molar-refractivity contribution in [3.05, 3.63) is 35.4 Å². The summed E-state index contributed by atoms with van der Waals surface area (Å²) in [5.41, 5.74) is 5.89. The highest BCUT2D eigenvalue weighted by Crippen LogP contribution is 2.10. The molecule has 1 atom stereocenters. The Morgan fingerprint density at radius 1 is 1.41 bits per heavy atom. The van der Waals surface area contributed by atoms with Gasteiger partial charge in [0.1, 0.15) is 0 Å². The number of rotatable bonds is 4. The summed E-state index contributed by atoms with van der Waals surface area (Å²) in [4.78, 5) is 13.3. The predicted octanol–water partition coefficient (Wildman–Crippen LogP) is 1.31. The number of halogens is 2. The summed E-state index contributed by atoms with van der Waals surface area (Å²) >= 11 is 0. The van der Waals surface area contributed by atoms with E-state index >= 15 is 0 Å². The number of carbonyl (C=O) groups excluding carboxylic acids is 1. The van der Waals surface area contributed by atoms with Crippen LogP contribution in [0, 0.1) is 11.6 Å². The zero-order valence-electron chi connectivity index (χ0n) is 9.91. The Labute approximate surface area is 99.2 Å². The molecule has 1 rings (SSSR count). The van der Waals surface area contributed by atoms with Crippen LogP contribution >= 0.6 is 0 Å². The molecule has 0 aliphatic rings. The van der Waals surface area contributed by atoms with Gasteiger partial charge in [0.2, 0.25) is 5.91 Å². The van der Waals surface area contributed by atoms with Crippen molar-refractivity contribution < 1.29 is 13.6 Å². The molecule has 0 bridgehead atoms. The molecule has 17 heavy (non-hydrogen) atoms. The second kappa shape index (κ2) is 5.72. The van der Waals surface area contributed by atoms with Crippen LogP contribution in [0.1, 0.15) is 12.5 Å². The molecular formula is C12H16F2N2O. The molecule has 0 fully saturated rings. The molecule has 0 aromatic heterocycles. The van der Waals surface area contributed by atoms with E-state index in [1.54, 1.807) is 7.05 Å². The third-order valence-corrected chi connectivity index (χ3v) is 2.74. The molecule has 3 nitrogen and oxygen atoms in total. The molecule has 0 spiro atoms. The lowest BCUT2D eigenvalue weighted by Crippen LogP contribution is -2.40. The molecule has 0 saturated carbocycles. The highest BCUT2D eigenvalue weighted by Gasteiger charge is 2.15. The molecule has 0 aliphatic carbocycles. The maximum atomic E-state index is 12.9. The van der Waals surface area contributed by atoms with E-state index in [4.69, 9.17) is 5.73 Å². The average molecular weight is 242 g/mol. The fourth-order valence-corrected chi connectivity index (χ4v) is 1.35. The van der Waals surface area contributed by atoms with Crippen molar-refractivity contribution in [1.82, 2.24) is 4.90 Å². The van der Waals surface area contributed by atoms with E-state index < -0.39 is 11.6 Å². The average Bonchev–Trinajstić information content (AvgIpc) is 2.31. The van der Waals surface area contributed by atoms with Crippen LogP contribution in [-0.2, 0) is 11.2 Å². The SMILES string of the molecule is CC(CN)N(C)C(=O)Cc1ccc(F)c(F)c1. The van der Waals surface area contributed by atoms with Gasteiger partial charge in [0.05, 0.1) is 6.42 Å². The molecule has 0 heterocycles. The summed E-state index contributed by atoms with van der Waals surface area (Å²) in [6.07, 6.45) is 0.0397. The predicted molar refractivity (Wildman–Crippen MR) is 61.3 cm³/mol. The first-order valence-corrected chi connectivity index (χ1v) is 5.35. The minimum atomic E-state index is -0.940. The number of likely N-dealkylation sites (N-methyl/N-ethyl adjacent to an activating group) is 1. The number of hydrogen-bond acceptors (Lipinski definition) is 2. The van der Waals surface area contributed by atoms with E-state index in [1.807, 2.05) is 6.92 Å². The Bertz CT molecular complexity index is 409. The minimum absolute atomic E-state index is 0.0397. The second-order valence-electron chi connectivity index (χ2n) is 4.01. The summed E-state index contributed by atoms with van der Waals surface area (Å²) < 4.78 is 25.6. The lowest BCUT2D eigenvalue weighted by atomic mass is 10.1. The van der Waals surface area contributed by atoms with Gasteiger partial charge in [-0.15, -0.1) is 0 Å². The lowest BCUT2D eigenvalue weighted by molar-refractivity contribution is -0.130. The van der Waals surface area contributed by atoms with Crippen LogP contribution in [0.5, 0.6) is 0 Å². The number of benzene rings is 1. The molecule has 1 unspecified atom stereocenters. The Morgan fingerprint density at radius 3 is 2.59 bits per heavy atom. The van der Waals surface area contributed by atoms with Gasteiger partial charge in [-0.3, -0.25) is 4.79 Å². The first-order chi connectivity index (χ1) is 7.95. The Morgan fingerprint density at radius 2 is 2.06 bits per heavy atom. The van der Waals surface area contributed by atoms with Gasteiger partial charge in [0, 0.05) is 19.6 Å². The molecule has 5 heteroatoms. The molecule has 0 saturated heterocycles. The molecule has 1 amide bonds. The molecule has 0 aliphatic heterocycles. The summed E-state index contributed by atoms with van der Waals surface area (Å²) in [6.45, 7) is 2.18. The van der Waals surface area contributed by atoms with Crippen LogP contribution in [0.25, 0.3) is 0 Å². The van der Waals surface area contributed by atoms with E-state index in [0.29, 0.717) is 12.1 Å². The summed E-state index contributed by atoms with van der Waals surface area (Å²) in [6, 6.07) is 3.38. The number of nitrogens with zero attached hydrogens (tertiary/aromatic N) is 1. The normalized spacial score (nSPS) is 12.3. The summed E-state index contributed by atoms with van der Waals surface area (Å²) in [5.74, 6) is -2.02. The molecule has 1 aromatic carbocycles. The van der Waals surface area contributed by atoms with Crippen LogP contribution in [0.4, 0.5) is 8.78 Å². The Kier molecular flexibility index (Phi) is 4.57. The van der Waals surface area contributed by atoms with Crippen LogP contribution in [0.2, 0.25) is 0 Å². The molecule has 1 aromatic rings. The zero-order valence-corrected chi connectivity index (χ0v) is 9.91. The summed E-state index contributed by atoms with van der Waals surface area (Å²) in [5, 5.41) is 0. The van der Waals surface area contributed by atoms with Gasteiger partial charge in [0.15, 0.2) is 11.6 Å². The molecular weight excluding hydrogens is 226 g/mol. The van der Waals surface area contributed by atoms with Crippen LogP contribution in [-0.4, -0.2) is 30.4 Å². The van der Waals surface area contributed by atoms with E-state index in [9.17, 15) is 13.6 Å². The van der Waals surface area contributed by atoms with Crippen molar-refractivity contribution in [1.29, 1.82) is 0 Å². The van der Waals surface area contributed by atoms with E-state index in [2.05, 4.69) is 0 Å². The number of nitrogens with two attached hydrogens (primary N) is 1. The van der Waals surface area contributed by atoms with Gasteiger partial charge in [-0.05, 0) is 24.6 Å². The lowest BCUT2D eigenvalue weighted by Gasteiger charge is -2.23. The highest BCUT2D eigenvalue weighted by molar-refractivity contribution is 5.78. The van der Waals surface area contributed by atoms with Crippen LogP contribution < -0.4 is 5.73 Å². The van der Waals surface area contributed by atoms with Gasteiger partial charge in [-0.25, -0.2) is 8.78 Å². The number of hydrogen-bond donors (Lipinski definition) is 1. The molecule has 0 radical (unpaired) electrons. The highest BCUT2D eigenvalue weighted by atomic mass is 19.2. The fourth-order valence-electron chi connectivity index (χ4n) is 1.35. The first-order valence-electron chi connectivity index (χ1n) is 5.35. The topological polar surface area (TPSA) is 46.3 Å². The van der Waals surface area contributed by atoms with E-state index in [1.165, 1.54) is 11.0 Å². The van der Waals surface area contributed by atoms with E-state index in [-0.39, 0.29) is 18.4 Å². The fraction of sp³-hybridized carbons (Fsp3) is 0.417. The molecule has 2 N–H and O–H groups in total. The van der Waals surface area contributed by atoms with Crippen molar-refractivity contribution in [3.8, 4) is 0 Å². The summed E-state index contributed by atoms with van der Waals surface area (Å²) in [7, 11) is 1.64. The zero-order chi connectivity index (χ0) is 13.0. The van der Waals surface area contributed by atoms with Gasteiger partial charge in [0.25, 0.3) is 0 Å². The van der Waals surface area contributed by atoms with Crippen molar-refractivity contribution in [2.45, 2.75) is 19.4 Å². The van der Waals surface area contributed by atoms with Gasteiger partial charge in [-0.2, -0.15) is 0 Å². The maximum Gasteiger partial charge on any atom is 0.227 e. The maximum absolute atomic E-state index is 12.9. The van der Waals surface area contributed by atoms with Crippen molar-refractivity contribution in [3.63, 3.8) is 0 Å². The second-order valence-corrected chi connectivity index (χ2v) is 4.01. The number of amides is 1. The van der Waals surface area contributed by atoms with Crippen molar-refractivity contribution in [2.24, 2.45) is 5.73 Å². The Balaban J connectivity index is 2.71. The Hall–Kier alpha value is -1.49. The standard InChI is InChI=1S/C12H16F2N2O/c1-8(7-15)16(2)12(17)6-9-3-4-10(13)11(14)5-9/h3-5,8H,6-7,15H2,1-2H3. The third-order valence-electron chi connectivity index (χ3n) is 2.74. The molecule has 94 valence electrons. The first kappa shape index (κ1) is 13.6. The van der Waals surface area contributed by atoms with Crippen LogP contribution in [0.3, 0.4) is 0 Å². The van der Waals surface area contributed by atoms with E-state index in [0.717, 1.165) is 12.1 Å². The van der Waals surface area contributed by atoms with Gasteiger partial charge in [-0.1, -0.05) is 6.07 Å². The van der Waals surface area contributed by atoms with Crippen molar-refractivity contribution >= 4 is 5.91 Å². The smallest absolute Gasteiger partial charge is 0.227 e. The minimum Gasteiger partial charge on any atom is -0.341 e. The monoisotopic (exact) mass is 242 g/mol. The van der Waals surface area contributed by atoms with Crippen LogP contribution in [0.15, 0.2) is 18.2 Å². The third kappa shape index (κ3) is 3.49.